The molecule has 0 radical (unpaired) electrons. The number of ether oxygens (including phenoxy) is 1. The lowest BCUT2D eigenvalue weighted by Crippen LogP contribution is -2.30. The Labute approximate surface area is 166 Å². The summed E-state index contributed by atoms with van der Waals surface area (Å²) in [6.07, 6.45) is 2.02. The summed E-state index contributed by atoms with van der Waals surface area (Å²) >= 11 is 0. The molecule has 0 aromatic heterocycles. The Morgan fingerprint density at radius 1 is 1.00 bits per heavy atom. The van der Waals surface area contributed by atoms with Crippen molar-refractivity contribution in [1.29, 1.82) is 0 Å². The zero-order valence-electron chi connectivity index (χ0n) is 15.7. The molecule has 152 valence electrons. The van der Waals surface area contributed by atoms with Gasteiger partial charge in [0.2, 0.25) is 10.0 Å². The van der Waals surface area contributed by atoms with E-state index in [4.69, 9.17) is 4.74 Å². The number of sulfonamides is 1. The van der Waals surface area contributed by atoms with Crippen LogP contribution in [0.5, 0.6) is 5.75 Å². The standard InChI is InChI=1S/C20H25NO5S2/c1-2-27(22,23)15-14-26-18-10-12-19(13-11-18)28(24,25)21-20(17-8-9-17)16-6-4-3-5-7-16/h3-7,10-13,17,20-21H,2,8-9,14-15H2,1H3. The fourth-order valence-corrected chi connectivity index (χ4v) is 4.83. The minimum atomic E-state index is -3.68. The largest absolute Gasteiger partial charge is 0.493 e. The zero-order chi connectivity index (χ0) is 20.2. The minimum Gasteiger partial charge on any atom is -0.493 e. The van der Waals surface area contributed by atoms with Crippen molar-refractivity contribution in [3.63, 3.8) is 0 Å². The Hall–Kier alpha value is -1.90. The summed E-state index contributed by atoms with van der Waals surface area (Å²) in [6, 6.07) is 15.4. The average Bonchev–Trinajstić information content (AvgIpc) is 3.52. The molecule has 8 heteroatoms. The van der Waals surface area contributed by atoms with Gasteiger partial charge < -0.3 is 4.74 Å². The summed E-state index contributed by atoms with van der Waals surface area (Å²) in [5.41, 5.74) is 0.964. The van der Waals surface area contributed by atoms with E-state index >= 15 is 0 Å². The molecule has 1 aliphatic rings. The summed E-state index contributed by atoms with van der Waals surface area (Å²) in [5, 5.41) is 0. The highest BCUT2D eigenvalue weighted by Gasteiger charge is 2.35. The molecule has 1 fully saturated rings. The van der Waals surface area contributed by atoms with Crippen molar-refractivity contribution in [1.82, 2.24) is 4.72 Å². The summed E-state index contributed by atoms with van der Waals surface area (Å²) in [5.74, 6) is 0.765. The van der Waals surface area contributed by atoms with Gasteiger partial charge in [-0.25, -0.2) is 21.6 Å². The van der Waals surface area contributed by atoms with Gasteiger partial charge in [-0.15, -0.1) is 0 Å². The zero-order valence-corrected chi connectivity index (χ0v) is 17.4. The predicted octanol–water partition coefficient (Wildman–Crippen LogP) is 2.93. The Morgan fingerprint density at radius 2 is 1.64 bits per heavy atom. The van der Waals surface area contributed by atoms with Gasteiger partial charge in [-0.3, -0.25) is 0 Å². The second-order valence-corrected chi connectivity index (χ2v) is 11.1. The molecule has 0 aliphatic heterocycles. The molecule has 2 aromatic carbocycles. The topological polar surface area (TPSA) is 89.5 Å². The molecule has 0 heterocycles. The SMILES string of the molecule is CCS(=O)(=O)CCOc1ccc(S(=O)(=O)NC(c2ccccc2)C2CC2)cc1. The maximum atomic E-state index is 12.8. The second-order valence-electron chi connectivity index (χ2n) is 6.90. The van der Waals surface area contributed by atoms with Crippen molar-refractivity contribution in [2.24, 2.45) is 5.92 Å². The van der Waals surface area contributed by atoms with Crippen LogP contribution < -0.4 is 9.46 Å². The van der Waals surface area contributed by atoms with E-state index in [1.165, 1.54) is 12.1 Å². The first-order valence-corrected chi connectivity index (χ1v) is 12.6. The van der Waals surface area contributed by atoms with Crippen molar-refractivity contribution in [2.75, 3.05) is 18.1 Å². The van der Waals surface area contributed by atoms with Gasteiger partial charge in [0.25, 0.3) is 0 Å². The highest BCUT2D eigenvalue weighted by Crippen LogP contribution is 2.41. The van der Waals surface area contributed by atoms with Crippen LogP contribution in [0.3, 0.4) is 0 Å². The predicted molar refractivity (Wildman–Crippen MR) is 108 cm³/mol. The van der Waals surface area contributed by atoms with Crippen molar-refractivity contribution < 1.29 is 21.6 Å². The van der Waals surface area contributed by atoms with Crippen molar-refractivity contribution in [3.05, 3.63) is 60.2 Å². The molecule has 6 nitrogen and oxygen atoms in total. The van der Waals surface area contributed by atoms with Gasteiger partial charge in [0, 0.05) is 11.8 Å². The van der Waals surface area contributed by atoms with E-state index in [-0.39, 0.29) is 29.0 Å². The van der Waals surface area contributed by atoms with Crippen LogP contribution in [0.1, 0.15) is 31.4 Å². The molecule has 0 saturated heterocycles. The van der Waals surface area contributed by atoms with E-state index < -0.39 is 19.9 Å². The van der Waals surface area contributed by atoms with E-state index in [9.17, 15) is 16.8 Å². The minimum absolute atomic E-state index is 0.0400. The van der Waals surface area contributed by atoms with Crippen LogP contribution in [0.2, 0.25) is 0 Å². The van der Waals surface area contributed by atoms with Gasteiger partial charge in [0.05, 0.1) is 10.6 Å². The summed E-state index contributed by atoms with van der Waals surface area (Å²) in [4.78, 5) is 0.155. The number of sulfone groups is 1. The number of hydrogen-bond donors (Lipinski definition) is 1. The monoisotopic (exact) mass is 423 g/mol. The molecule has 1 aliphatic carbocycles. The quantitative estimate of drug-likeness (QED) is 0.635. The third-order valence-corrected chi connectivity index (χ3v) is 7.90. The van der Waals surface area contributed by atoms with E-state index in [2.05, 4.69) is 4.72 Å². The van der Waals surface area contributed by atoms with Crippen molar-refractivity contribution in [3.8, 4) is 5.75 Å². The van der Waals surface area contributed by atoms with Gasteiger partial charge in [0.15, 0.2) is 9.84 Å². The molecule has 0 bridgehead atoms. The third kappa shape index (κ3) is 5.56. The highest BCUT2D eigenvalue weighted by molar-refractivity contribution is 7.91. The lowest BCUT2D eigenvalue weighted by molar-refractivity contribution is 0.340. The number of rotatable bonds is 10. The summed E-state index contributed by atoms with van der Waals surface area (Å²) in [7, 11) is -6.77. The number of benzene rings is 2. The normalized spacial score (nSPS) is 15.9. The first-order valence-electron chi connectivity index (χ1n) is 9.31. The molecule has 1 atom stereocenters. The maximum Gasteiger partial charge on any atom is 0.241 e. The third-order valence-electron chi connectivity index (χ3n) is 4.77. The van der Waals surface area contributed by atoms with Crippen LogP contribution in [0.15, 0.2) is 59.5 Å². The fourth-order valence-electron chi connectivity index (χ4n) is 2.91. The molecule has 1 unspecified atom stereocenters. The lowest BCUT2D eigenvalue weighted by atomic mass is 10.0. The average molecular weight is 424 g/mol. The van der Waals surface area contributed by atoms with Crippen LogP contribution in [0.4, 0.5) is 0 Å². The Bertz CT molecular complexity index is 983. The van der Waals surface area contributed by atoms with Crippen LogP contribution in [0, 0.1) is 5.92 Å². The Balaban J connectivity index is 1.66. The summed E-state index contributed by atoms with van der Waals surface area (Å²) < 4.78 is 56.8. The molecular formula is C20H25NO5S2. The Kier molecular flexibility index (Phi) is 6.42. The molecule has 0 amide bonds. The molecule has 3 rings (SSSR count). The van der Waals surface area contributed by atoms with Gasteiger partial charge in [0.1, 0.15) is 12.4 Å². The number of hydrogen-bond acceptors (Lipinski definition) is 5. The molecule has 1 saturated carbocycles. The van der Waals surface area contributed by atoms with Crippen LogP contribution in [0.25, 0.3) is 0 Å². The van der Waals surface area contributed by atoms with Crippen LogP contribution >= 0.6 is 0 Å². The maximum absolute atomic E-state index is 12.8. The second kappa shape index (κ2) is 8.63. The Morgan fingerprint density at radius 3 is 2.21 bits per heavy atom. The van der Waals surface area contributed by atoms with Crippen LogP contribution in [-0.4, -0.2) is 34.9 Å². The van der Waals surface area contributed by atoms with Crippen molar-refractivity contribution >= 4 is 19.9 Å². The molecule has 28 heavy (non-hydrogen) atoms. The van der Waals surface area contributed by atoms with E-state index in [1.54, 1.807) is 19.1 Å². The van der Waals surface area contributed by atoms with Crippen molar-refractivity contribution in [2.45, 2.75) is 30.7 Å². The van der Waals surface area contributed by atoms with Gasteiger partial charge in [-0.2, -0.15) is 0 Å². The molecule has 0 spiro atoms. The first kappa shape index (κ1) is 20.8. The fraction of sp³-hybridized carbons (Fsp3) is 0.400. The van der Waals surface area contributed by atoms with E-state index in [1.807, 2.05) is 30.3 Å². The van der Waals surface area contributed by atoms with E-state index in [0.717, 1.165) is 18.4 Å². The van der Waals surface area contributed by atoms with Gasteiger partial charge >= 0.3 is 0 Å². The first-order chi connectivity index (χ1) is 13.3. The van der Waals surface area contributed by atoms with Gasteiger partial charge in [-0.1, -0.05) is 37.3 Å². The smallest absolute Gasteiger partial charge is 0.241 e. The lowest BCUT2D eigenvalue weighted by Gasteiger charge is -2.19. The molecule has 1 N–H and O–H groups in total. The van der Waals surface area contributed by atoms with Gasteiger partial charge in [-0.05, 0) is 48.6 Å². The highest BCUT2D eigenvalue weighted by atomic mass is 32.2. The molecule has 2 aromatic rings. The van der Waals surface area contributed by atoms with E-state index in [0.29, 0.717) is 11.7 Å². The summed E-state index contributed by atoms with van der Waals surface area (Å²) in [6.45, 7) is 1.63. The molecular weight excluding hydrogens is 398 g/mol. The number of nitrogens with one attached hydrogen (secondary N) is 1. The van der Waals surface area contributed by atoms with Crippen LogP contribution in [-0.2, 0) is 19.9 Å².